The van der Waals surface area contributed by atoms with Gasteiger partial charge in [0.25, 0.3) is 5.91 Å². The summed E-state index contributed by atoms with van der Waals surface area (Å²) in [5.41, 5.74) is 2.86. The van der Waals surface area contributed by atoms with Gasteiger partial charge in [-0.05, 0) is 41.3 Å². The molecule has 0 fully saturated rings. The summed E-state index contributed by atoms with van der Waals surface area (Å²) in [4.78, 5) is 28.8. The van der Waals surface area contributed by atoms with Crippen molar-refractivity contribution >= 4 is 28.9 Å². The highest BCUT2D eigenvalue weighted by Gasteiger charge is 2.18. The number of likely N-dealkylation sites (N-methyl/N-ethyl adjacent to an activating group) is 1. The van der Waals surface area contributed by atoms with Gasteiger partial charge in [-0.25, -0.2) is 4.79 Å². The van der Waals surface area contributed by atoms with Gasteiger partial charge < -0.3 is 19.1 Å². The maximum absolute atomic E-state index is 12.4. The Kier molecular flexibility index (Phi) is 6.16. The molecule has 0 saturated heterocycles. The third-order valence-electron chi connectivity index (χ3n) is 4.34. The van der Waals surface area contributed by atoms with E-state index in [0.717, 1.165) is 16.9 Å². The van der Waals surface area contributed by atoms with Gasteiger partial charge in [-0.15, -0.1) is 11.3 Å². The van der Waals surface area contributed by atoms with Crippen LogP contribution in [0.4, 0.5) is 5.69 Å². The number of thiophene rings is 1. The second-order valence-corrected chi connectivity index (χ2v) is 7.53. The molecule has 2 heterocycles. The normalized spacial score (nSPS) is 10.5. The fraction of sp³-hybridized carbons (Fsp3) is 0.238. The van der Waals surface area contributed by atoms with Gasteiger partial charge in [0.15, 0.2) is 6.61 Å². The van der Waals surface area contributed by atoms with E-state index < -0.39 is 5.97 Å². The molecule has 0 spiro atoms. The number of carbonyl (C=O) groups is 2. The molecule has 2 aromatic heterocycles. The van der Waals surface area contributed by atoms with Crippen LogP contribution in [0, 0.1) is 0 Å². The predicted octanol–water partition coefficient (Wildman–Crippen LogP) is 3.42. The minimum absolute atomic E-state index is 0.246. The van der Waals surface area contributed by atoms with Crippen molar-refractivity contribution in [3.63, 3.8) is 0 Å². The average Bonchev–Trinajstić information content (AvgIpc) is 3.37. The number of carbonyl (C=O) groups excluding carboxylic acids is 2. The van der Waals surface area contributed by atoms with Gasteiger partial charge >= 0.3 is 5.97 Å². The fourth-order valence-corrected chi connectivity index (χ4v) is 3.50. The van der Waals surface area contributed by atoms with Crippen molar-refractivity contribution in [2.75, 3.05) is 32.6 Å². The molecule has 0 unspecified atom stereocenters. The number of amides is 1. The Hall–Kier alpha value is -3.06. The first kappa shape index (κ1) is 19.7. The summed E-state index contributed by atoms with van der Waals surface area (Å²) in [5, 5.41) is 1.83. The Morgan fingerprint density at radius 3 is 2.36 bits per heavy atom. The van der Waals surface area contributed by atoms with Gasteiger partial charge in [-0.2, -0.15) is 0 Å². The minimum atomic E-state index is -0.490. The summed E-state index contributed by atoms with van der Waals surface area (Å²) < 4.78 is 7.10. The molecule has 0 radical (unpaired) electrons. The molecular weight excluding hydrogens is 374 g/mol. The van der Waals surface area contributed by atoms with Crippen molar-refractivity contribution in [3.8, 4) is 5.69 Å². The summed E-state index contributed by atoms with van der Waals surface area (Å²) in [6.45, 7) is 0.172. The van der Waals surface area contributed by atoms with Gasteiger partial charge in [-0.1, -0.05) is 12.1 Å². The average molecular weight is 398 g/mol. The van der Waals surface area contributed by atoms with Crippen LogP contribution in [-0.2, 0) is 16.1 Å². The molecular formula is C21H23N3O3S. The first-order valence-electron chi connectivity index (χ1n) is 8.84. The van der Waals surface area contributed by atoms with Gasteiger partial charge in [0, 0.05) is 45.8 Å². The zero-order valence-electron chi connectivity index (χ0n) is 16.2. The molecule has 28 heavy (non-hydrogen) atoms. The first-order valence-corrected chi connectivity index (χ1v) is 9.72. The second kappa shape index (κ2) is 8.75. The molecule has 0 aliphatic carbocycles. The van der Waals surface area contributed by atoms with Crippen LogP contribution in [-0.4, -0.2) is 49.1 Å². The fourth-order valence-electron chi connectivity index (χ4n) is 2.72. The van der Waals surface area contributed by atoms with E-state index in [1.165, 1.54) is 11.3 Å². The zero-order valence-corrected chi connectivity index (χ0v) is 17.0. The molecule has 6 nitrogen and oxygen atoms in total. The third-order valence-corrected chi connectivity index (χ3v) is 5.22. The molecule has 3 rings (SSSR count). The Balaban J connectivity index is 1.55. The van der Waals surface area contributed by atoms with Gasteiger partial charge in [0.1, 0.15) is 4.88 Å². The number of nitrogens with zero attached hydrogens (tertiary/aromatic N) is 3. The van der Waals surface area contributed by atoms with E-state index in [-0.39, 0.29) is 12.5 Å². The summed E-state index contributed by atoms with van der Waals surface area (Å²) in [6, 6.07) is 13.6. The molecule has 1 aromatic carbocycles. The number of ether oxygens (including phenoxy) is 1. The lowest BCUT2D eigenvalue weighted by Crippen LogP contribution is -2.30. The van der Waals surface area contributed by atoms with Crippen LogP contribution in [0.25, 0.3) is 5.69 Å². The number of benzene rings is 1. The van der Waals surface area contributed by atoms with E-state index in [9.17, 15) is 9.59 Å². The van der Waals surface area contributed by atoms with Crippen LogP contribution in [0.3, 0.4) is 0 Å². The van der Waals surface area contributed by atoms with E-state index in [1.807, 2.05) is 83.8 Å². The highest BCUT2D eigenvalue weighted by atomic mass is 32.1. The molecule has 0 saturated carbocycles. The number of anilines is 1. The number of esters is 1. The van der Waals surface area contributed by atoms with Gasteiger partial charge in [-0.3, -0.25) is 4.79 Å². The number of hydrogen-bond donors (Lipinski definition) is 0. The van der Waals surface area contributed by atoms with Gasteiger partial charge in [0.2, 0.25) is 0 Å². The van der Waals surface area contributed by atoms with Crippen LogP contribution < -0.4 is 4.90 Å². The maximum atomic E-state index is 12.4. The Morgan fingerprint density at radius 1 is 1.04 bits per heavy atom. The monoisotopic (exact) mass is 397 g/mol. The molecule has 0 atom stereocenters. The quantitative estimate of drug-likeness (QED) is 0.573. The summed E-state index contributed by atoms with van der Waals surface area (Å²) in [6.07, 6.45) is 3.72. The highest BCUT2D eigenvalue weighted by molar-refractivity contribution is 7.12. The number of hydrogen-bond acceptors (Lipinski definition) is 5. The molecule has 7 heteroatoms. The van der Waals surface area contributed by atoms with Gasteiger partial charge in [0.05, 0.1) is 5.69 Å². The van der Waals surface area contributed by atoms with Crippen LogP contribution in [0.5, 0.6) is 0 Å². The molecule has 3 aromatic rings. The van der Waals surface area contributed by atoms with E-state index >= 15 is 0 Å². The lowest BCUT2D eigenvalue weighted by molar-refractivity contribution is -0.133. The Labute approximate surface area is 168 Å². The molecule has 0 bridgehead atoms. The predicted molar refractivity (Wildman–Crippen MR) is 111 cm³/mol. The van der Waals surface area contributed by atoms with Crippen molar-refractivity contribution in [2.24, 2.45) is 0 Å². The molecule has 0 aliphatic heterocycles. The third kappa shape index (κ3) is 4.61. The van der Waals surface area contributed by atoms with Crippen LogP contribution >= 0.6 is 11.3 Å². The lowest BCUT2D eigenvalue weighted by atomic mass is 10.2. The summed E-state index contributed by atoms with van der Waals surface area (Å²) >= 11 is 1.30. The highest BCUT2D eigenvalue weighted by Crippen LogP contribution is 2.22. The second-order valence-electron chi connectivity index (χ2n) is 6.61. The van der Waals surface area contributed by atoms with Crippen LogP contribution in [0.1, 0.15) is 15.2 Å². The van der Waals surface area contributed by atoms with Crippen LogP contribution in [0.15, 0.2) is 60.2 Å². The minimum Gasteiger partial charge on any atom is -0.451 e. The largest absolute Gasteiger partial charge is 0.451 e. The molecule has 146 valence electrons. The number of rotatable bonds is 7. The topological polar surface area (TPSA) is 54.8 Å². The van der Waals surface area contributed by atoms with Crippen molar-refractivity contribution in [1.82, 2.24) is 9.47 Å². The van der Waals surface area contributed by atoms with Crippen molar-refractivity contribution in [3.05, 3.63) is 70.7 Å². The van der Waals surface area contributed by atoms with E-state index in [4.69, 9.17) is 4.74 Å². The smallest absolute Gasteiger partial charge is 0.350 e. The zero-order chi connectivity index (χ0) is 20.1. The molecule has 0 N–H and O–H groups in total. The van der Waals surface area contributed by atoms with E-state index in [2.05, 4.69) is 0 Å². The SMILES string of the molecule is CN(Cc1ccc(N(C)C)cc1)C(=O)COC(=O)c1sccc1-n1cccc1. The number of aromatic nitrogens is 1. The van der Waals surface area contributed by atoms with E-state index in [1.54, 1.807) is 11.9 Å². The first-order chi connectivity index (χ1) is 13.5. The van der Waals surface area contributed by atoms with Crippen LogP contribution in [0.2, 0.25) is 0 Å². The molecule has 1 amide bonds. The summed E-state index contributed by atoms with van der Waals surface area (Å²) in [7, 11) is 5.66. The summed E-state index contributed by atoms with van der Waals surface area (Å²) in [5.74, 6) is -0.736. The van der Waals surface area contributed by atoms with E-state index in [0.29, 0.717) is 11.4 Å². The lowest BCUT2D eigenvalue weighted by Gasteiger charge is -2.18. The van der Waals surface area contributed by atoms with Crippen molar-refractivity contribution < 1.29 is 14.3 Å². The van der Waals surface area contributed by atoms with Crippen molar-refractivity contribution in [1.29, 1.82) is 0 Å². The molecule has 0 aliphatic rings. The maximum Gasteiger partial charge on any atom is 0.350 e. The standard InChI is InChI=1S/C21H23N3O3S/c1-22(2)17-8-6-16(7-9-17)14-23(3)19(25)15-27-21(26)20-18(10-13-28-20)24-11-4-5-12-24/h4-13H,14-15H2,1-3H3. The Bertz CT molecular complexity index is 930. The Morgan fingerprint density at radius 2 is 1.71 bits per heavy atom. The van der Waals surface area contributed by atoms with Crippen molar-refractivity contribution in [2.45, 2.75) is 6.54 Å².